The fraction of sp³-hybridized carbons (Fsp3) is 0.429. The number of aromatic nitrogens is 2. The van der Waals surface area contributed by atoms with E-state index in [4.69, 9.17) is 0 Å². The highest BCUT2D eigenvalue weighted by Crippen LogP contribution is 2.28. The van der Waals surface area contributed by atoms with Crippen LogP contribution in [0.15, 0.2) is 16.9 Å². The number of thiophene rings is 1. The summed E-state index contributed by atoms with van der Waals surface area (Å²) < 4.78 is 0.682. The van der Waals surface area contributed by atoms with E-state index in [1.54, 1.807) is 11.3 Å². The van der Waals surface area contributed by atoms with E-state index in [9.17, 15) is 4.79 Å². The van der Waals surface area contributed by atoms with Crippen LogP contribution in [0, 0.1) is 3.57 Å². The van der Waals surface area contributed by atoms with Crippen molar-refractivity contribution >= 4 is 33.9 Å². The number of rotatable bonds is 2. The smallest absolute Gasteiger partial charge is 0.264 e. The second-order valence-electron chi connectivity index (χ2n) is 5.45. The van der Waals surface area contributed by atoms with E-state index < -0.39 is 0 Å². The lowest BCUT2D eigenvalue weighted by molar-refractivity contribution is 0.562. The minimum absolute atomic E-state index is 0.0537. The molecule has 0 amide bonds. The Kier molecular flexibility index (Phi) is 4.15. The van der Waals surface area contributed by atoms with Gasteiger partial charge in [-0.2, -0.15) is 0 Å². The second-order valence-corrected chi connectivity index (χ2v) is 7.69. The Morgan fingerprint density at radius 3 is 2.58 bits per heavy atom. The number of hydrogen-bond acceptors (Lipinski definition) is 3. The van der Waals surface area contributed by atoms with E-state index in [2.05, 4.69) is 66.3 Å². The van der Waals surface area contributed by atoms with Gasteiger partial charge in [-0.25, -0.2) is 4.98 Å². The SMILES string of the molecule is CCc1ccc(-c2nc(C(C)(C)C)c(I)c(=O)[nH]2)s1. The van der Waals surface area contributed by atoms with Crippen molar-refractivity contribution in [1.82, 2.24) is 9.97 Å². The number of nitrogens with zero attached hydrogens (tertiary/aromatic N) is 1. The normalized spacial score (nSPS) is 11.8. The van der Waals surface area contributed by atoms with E-state index in [1.807, 2.05) is 6.07 Å². The Hall–Kier alpha value is -0.690. The first kappa shape index (κ1) is 14.7. The molecule has 0 atom stereocenters. The summed E-state index contributed by atoms with van der Waals surface area (Å²) in [5.41, 5.74) is 0.671. The fourth-order valence-electron chi connectivity index (χ4n) is 1.77. The maximum absolute atomic E-state index is 12.1. The van der Waals surface area contributed by atoms with Crippen LogP contribution in [0.5, 0.6) is 0 Å². The van der Waals surface area contributed by atoms with Crippen molar-refractivity contribution in [2.24, 2.45) is 0 Å². The van der Waals surface area contributed by atoms with E-state index in [0.29, 0.717) is 9.39 Å². The molecular formula is C14H17IN2OS. The summed E-state index contributed by atoms with van der Waals surface area (Å²) in [4.78, 5) is 21.9. The van der Waals surface area contributed by atoms with Crippen molar-refractivity contribution in [3.63, 3.8) is 0 Å². The Balaban J connectivity index is 2.60. The predicted molar refractivity (Wildman–Crippen MR) is 89.0 cm³/mol. The first-order valence-electron chi connectivity index (χ1n) is 6.22. The van der Waals surface area contributed by atoms with Crippen LogP contribution < -0.4 is 5.56 Å². The van der Waals surface area contributed by atoms with Crippen LogP contribution in [0.1, 0.15) is 38.3 Å². The highest BCUT2D eigenvalue weighted by atomic mass is 127. The molecule has 0 radical (unpaired) electrons. The quantitative estimate of drug-likeness (QED) is 0.792. The largest absolute Gasteiger partial charge is 0.305 e. The zero-order valence-corrected chi connectivity index (χ0v) is 14.5. The Morgan fingerprint density at radius 2 is 2.05 bits per heavy atom. The van der Waals surface area contributed by atoms with Gasteiger partial charge in [-0.05, 0) is 41.1 Å². The van der Waals surface area contributed by atoms with Gasteiger partial charge in [0.2, 0.25) is 0 Å². The molecule has 0 aliphatic heterocycles. The highest BCUT2D eigenvalue weighted by molar-refractivity contribution is 14.1. The first-order chi connectivity index (χ1) is 8.82. The first-order valence-corrected chi connectivity index (χ1v) is 8.12. The summed E-state index contributed by atoms with van der Waals surface area (Å²) in [7, 11) is 0. The Morgan fingerprint density at radius 1 is 1.37 bits per heavy atom. The molecule has 0 unspecified atom stereocenters. The molecule has 3 nitrogen and oxygen atoms in total. The molecule has 2 heterocycles. The monoisotopic (exact) mass is 388 g/mol. The zero-order chi connectivity index (χ0) is 14.2. The fourth-order valence-corrected chi connectivity index (χ4v) is 3.72. The molecule has 0 saturated heterocycles. The number of aromatic amines is 1. The summed E-state index contributed by atoms with van der Waals surface area (Å²) in [5, 5.41) is 0. The minimum Gasteiger partial charge on any atom is -0.305 e. The average molecular weight is 388 g/mol. The molecule has 0 bridgehead atoms. The maximum Gasteiger partial charge on any atom is 0.264 e. The molecule has 0 aliphatic rings. The third-order valence-corrected chi connectivity index (χ3v) is 5.05. The summed E-state index contributed by atoms with van der Waals surface area (Å²) in [6, 6.07) is 4.12. The third kappa shape index (κ3) is 3.08. The maximum atomic E-state index is 12.1. The lowest BCUT2D eigenvalue weighted by Gasteiger charge is -2.19. The van der Waals surface area contributed by atoms with E-state index in [1.165, 1.54) is 4.88 Å². The van der Waals surface area contributed by atoms with E-state index in [0.717, 1.165) is 17.0 Å². The summed E-state index contributed by atoms with van der Waals surface area (Å²) in [5.74, 6) is 0.681. The standard InChI is InChI=1S/C14H17IN2OS/c1-5-8-6-7-9(19-8)12-16-11(14(2,3)4)10(15)13(18)17-12/h6-7H,5H2,1-4H3,(H,16,17,18). The molecule has 2 aromatic rings. The molecule has 2 rings (SSSR count). The zero-order valence-electron chi connectivity index (χ0n) is 11.5. The van der Waals surface area contributed by atoms with Gasteiger partial charge in [0, 0.05) is 10.3 Å². The van der Waals surface area contributed by atoms with Gasteiger partial charge < -0.3 is 4.98 Å². The topological polar surface area (TPSA) is 45.8 Å². The molecule has 19 heavy (non-hydrogen) atoms. The van der Waals surface area contributed by atoms with E-state index >= 15 is 0 Å². The Labute approximate surface area is 130 Å². The van der Waals surface area contributed by atoms with Crippen molar-refractivity contribution in [3.05, 3.63) is 36.6 Å². The van der Waals surface area contributed by atoms with Crippen LogP contribution >= 0.6 is 33.9 Å². The summed E-state index contributed by atoms with van der Waals surface area (Å²) in [6.07, 6.45) is 1.01. The molecular weight excluding hydrogens is 371 g/mol. The number of aryl methyl sites for hydroxylation is 1. The van der Waals surface area contributed by atoms with Crippen LogP contribution in [0.2, 0.25) is 0 Å². The van der Waals surface area contributed by atoms with Crippen molar-refractivity contribution in [2.45, 2.75) is 39.5 Å². The van der Waals surface area contributed by atoms with Gasteiger partial charge in [-0.1, -0.05) is 27.7 Å². The molecule has 2 aromatic heterocycles. The second kappa shape index (κ2) is 5.36. The van der Waals surface area contributed by atoms with Gasteiger partial charge in [-0.3, -0.25) is 4.79 Å². The third-order valence-electron chi connectivity index (χ3n) is 2.82. The minimum atomic E-state index is -0.135. The van der Waals surface area contributed by atoms with Gasteiger partial charge in [-0.15, -0.1) is 11.3 Å². The van der Waals surface area contributed by atoms with Gasteiger partial charge >= 0.3 is 0 Å². The van der Waals surface area contributed by atoms with Gasteiger partial charge in [0.15, 0.2) is 5.82 Å². The van der Waals surface area contributed by atoms with Crippen molar-refractivity contribution in [3.8, 4) is 10.7 Å². The Bertz CT molecular complexity index is 652. The van der Waals surface area contributed by atoms with Crippen LogP contribution in [0.3, 0.4) is 0 Å². The van der Waals surface area contributed by atoms with Gasteiger partial charge in [0.05, 0.1) is 10.6 Å². The van der Waals surface area contributed by atoms with Crippen LogP contribution in [-0.2, 0) is 11.8 Å². The van der Waals surface area contributed by atoms with Gasteiger partial charge in [0.1, 0.15) is 3.57 Å². The lowest BCUT2D eigenvalue weighted by atomic mass is 9.92. The van der Waals surface area contributed by atoms with Crippen molar-refractivity contribution in [2.75, 3.05) is 0 Å². The van der Waals surface area contributed by atoms with Crippen LogP contribution in [-0.4, -0.2) is 9.97 Å². The molecule has 1 N–H and O–H groups in total. The molecule has 0 aromatic carbocycles. The average Bonchev–Trinajstić information content (AvgIpc) is 2.79. The van der Waals surface area contributed by atoms with Crippen molar-refractivity contribution in [1.29, 1.82) is 0 Å². The van der Waals surface area contributed by atoms with E-state index in [-0.39, 0.29) is 11.0 Å². The summed E-state index contributed by atoms with van der Waals surface area (Å²) >= 11 is 3.76. The molecule has 5 heteroatoms. The van der Waals surface area contributed by atoms with Crippen LogP contribution in [0.4, 0.5) is 0 Å². The number of H-pyrrole nitrogens is 1. The lowest BCUT2D eigenvalue weighted by Crippen LogP contribution is -2.24. The van der Waals surface area contributed by atoms with Crippen molar-refractivity contribution < 1.29 is 0 Å². The molecule has 0 fully saturated rings. The molecule has 0 saturated carbocycles. The number of halogens is 1. The van der Waals surface area contributed by atoms with Crippen LogP contribution in [0.25, 0.3) is 10.7 Å². The summed E-state index contributed by atoms with van der Waals surface area (Å²) in [6.45, 7) is 8.35. The van der Waals surface area contributed by atoms with Gasteiger partial charge in [0.25, 0.3) is 5.56 Å². The molecule has 0 aliphatic carbocycles. The highest BCUT2D eigenvalue weighted by Gasteiger charge is 2.22. The number of hydrogen-bond donors (Lipinski definition) is 1. The number of nitrogens with one attached hydrogen (secondary N) is 1. The molecule has 102 valence electrons. The predicted octanol–water partition coefficient (Wildman–Crippen LogP) is 3.96. The molecule has 0 spiro atoms.